The predicted molar refractivity (Wildman–Crippen MR) is 89.4 cm³/mol. The van der Waals surface area contributed by atoms with E-state index >= 15 is 0 Å². The second kappa shape index (κ2) is 7.08. The van der Waals surface area contributed by atoms with Crippen LogP contribution in [0.5, 0.6) is 0 Å². The van der Waals surface area contributed by atoms with Gasteiger partial charge in [-0.15, -0.1) is 0 Å². The summed E-state index contributed by atoms with van der Waals surface area (Å²) in [6, 6.07) is 8.16. The number of nitrogens with zero attached hydrogens (tertiary/aromatic N) is 2. The molecule has 0 radical (unpaired) electrons. The van der Waals surface area contributed by atoms with E-state index < -0.39 is 16.6 Å². The number of nitro benzene ring substituents is 1. The van der Waals surface area contributed by atoms with Crippen LogP contribution in [0.3, 0.4) is 0 Å². The van der Waals surface area contributed by atoms with Crippen LogP contribution in [0.15, 0.2) is 42.7 Å². The molecule has 0 saturated carbocycles. The first kappa shape index (κ1) is 17.4. The molecule has 0 saturated heterocycles. The summed E-state index contributed by atoms with van der Waals surface area (Å²) >= 11 is 0. The first-order chi connectivity index (χ1) is 11.3. The molecule has 1 aromatic heterocycles. The fraction of sp³-hybridized carbons (Fsp3) is 0.294. The van der Waals surface area contributed by atoms with E-state index in [4.69, 9.17) is 4.74 Å². The summed E-state index contributed by atoms with van der Waals surface area (Å²) in [7, 11) is 0. The van der Waals surface area contributed by atoms with Crippen molar-refractivity contribution in [2.24, 2.45) is 0 Å². The van der Waals surface area contributed by atoms with Crippen LogP contribution in [-0.4, -0.2) is 21.6 Å². The Hall–Kier alpha value is -2.96. The number of carbonyl (C=O) groups is 1. The highest BCUT2D eigenvalue weighted by Crippen LogP contribution is 2.27. The lowest BCUT2D eigenvalue weighted by Gasteiger charge is -2.20. The Morgan fingerprint density at radius 1 is 1.25 bits per heavy atom. The van der Waals surface area contributed by atoms with Gasteiger partial charge in [0.1, 0.15) is 5.60 Å². The molecular weight excluding hydrogens is 310 g/mol. The molecule has 1 aromatic carbocycles. The first-order valence-electron chi connectivity index (χ1n) is 7.41. The number of rotatable bonds is 4. The van der Waals surface area contributed by atoms with Crippen molar-refractivity contribution in [3.63, 3.8) is 0 Å². The predicted octanol–water partition coefficient (Wildman–Crippen LogP) is 3.68. The highest BCUT2D eigenvalue weighted by Gasteiger charge is 2.17. The van der Waals surface area contributed by atoms with Crippen LogP contribution >= 0.6 is 0 Å². The van der Waals surface area contributed by atoms with Gasteiger partial charge >= 0.3 is 6.09 Å². The molecular formula is C17H19N3O4. The summed E-state index contributed by atoms with van der Waals surface area (Å²) in [4.78, 5) is 26.3. The van der Waals surface area contributed by atoms with Crippen molar-refractivity contribution < 1.29 is 14.5 Å². The van der Waals surface area contributed by atoms with Crippen molar-refractivity contribution in [1.82, 2.24) is 10.3 Å². The van der Waals surface area contributed by atoms with Gasteiger partial charge in [0.2, 0.25) is 0 Å². The third-order valence-corrected chi connectivity index (χ3v) is 3.11. The Balaban J connectivity index is 2.27. The molecule has 24 heavy (non-hydrogen) atoms. The third-order valence-electron chi connectivity index (χ3n) is 3.11. The molecule has 0 aliphatic heterocycles. The van der Waals surface area contributed by atoms with Crippen molar-refractivity contribution in [3.8, 4) is 11.1 Å². The molecule has 0 unspecified atom stereocenters. The van der Waals surface area contributed by atoms with Gasteiger partial charge < -0.3 is 10.1 Å². The molecule has 1 amide bonds. The van der Waals surface area contributed by atoms with E-state index in [-0.39, 0.29) is 12.2 Å². The number of amides is 1. The average Bonchev–Trinajstić information content (AvgIpc) is 2.52. The molecule has 7 heteroatoms. The van der Waals surface area contributed by atoms with Crippen LogP contribution in [0.1, 0.15) is 26.3 Å². The number of hydrogen-bond donors (Lipinski definition) is 1. The van der Waals surface area contributed by atoms with Crippen LogP contribution in [0.25, 0.3) is 11.1 Å². The van der Waals surface area contributed by atoms with Crippen molar-refractivity contribution >= 4 is 11.8 Å². The third kappa shape index (κ3) is 4.77. The molecule has 2 rings (SSSR count). The van der Waals surface area contributed by atoms with E-state index in [9.17, 15) is 14.9 Å². The minimum absolute atomic E-state index is 0.0335. The molecule has 0 bridgehead atoms. The minimum Gasteiger partial charge on any atom is -0.444 e. The van der Waals surface area contributed by atoms with E-state index in [1.807, 2.05) is 0 Å². The normalized spacial score (nSPS) is 11.0. The summed E-state index contributed by atoms with van der Waals surface area (Å²) in [5.74, 6) is 0. The number of nitrogens with one attached hydrogen (secondary N) is 1. The highest BCUT2D eigenvalue weighted by molar-refractivity contribution is 5.71. The maximum absolute atomic E-state index is 11.8. The fourth-order valence-corrected chi connectivity index (χ4v) is 2.13. The maximum Gasteiger partial charge on any atom is 0.407 e. The lowest BCUT2D eigenvalue weighted by atomic mass is 10.00. The van der Waals surface area contributed by atoms with Gasteiger partial charge in [-0.3, -0.25) is 15.1 Å². The topological polar surface area (TPSA) is 94.4 Å². The van der Waals surface area contributed by atoms with Gasteiger partial charge in [-0.05, 0) is 55.7 Å². The van der Waals surface area contributed by atoms with Crippen molar-refractivity contribution in [1.29, 1.82) is 0 Å². The number of pyridine rings is 1. The number of alkyl carbamates (subject to hydrolysis) is 1. The van der Waals surface area contributed by atoms with Crippen molar-refractivity contribution in [2.45, 2.75) is 32.9 Å². The largest absolute Gasteiger partial charge is 0.444 e. The van der Waals surface area contributed by atoms with E-state index in [1.165, 1.54) is 12.1 Å². The molecule has 126 valence electrons. The first-order valence-corrected chi connectivity index (χ1v) is 7.41. The van der Waals surface area contributed by atoms with Crippen molar-refractivity contribution in [3.05, 3.63) is 58.4 Å². The number of nitro groups is 1. The van der Waals surface area contributed by atoms with Crippen LogP contribution in [0, 0.1) is 10.1 Å². The zero-order valence-corrected chi connectivity index (χ0v) is 13.8. The molecule has 0 atom stereocenters. The van der Waals surface area contributed by atoms with E-state index in [0.717, 1.165) is 11.1 Å². The summed E-state index contributed by atoms with van der Waals surface area (Å²) in [5, 5.41) is 13.6. The van der Waals surface area contributed by atoms with E-state index in [1.54, 1.807) is 51.4 Å². The van der Waals surface area contributed by atoms with Gasteiger partial charge in [-0.25, -0.2) is 4.79 Å². The van der Waals surface area contributed by atoms with Gasteiger partial charge in [-0.2, -0.15) is 0 Å². The number of carbonyl (C=O) groups excluding carboxylic acids is 1. The lowest BCUT2D eigenvalue weighted by Crippen LogP contribution is -2.32. The molecule has 2 aromatic rings. The SMILES string of the molecule is CC(C)(C)OC(=O)NCc1cc([N+](=O)[O-])ccc1-c1ccncc1. The number of aromatic nitrogens is 1. The molecule has 0 spiro atoms. The Bertz CT molecular complexity index is 739. The quantitative estimate of drug-likeness (QED) is 0.682. The van der Waals surface area contributed by atoms with Gasteiger partial charge in [0, 0.05) is 31.1 Å². The summed E-state index contributed by atoms with van der Waals surface area (Å²) in [6.07, 6.45) is 2.71. The van der Waals surface area contributed by atoms with Crippen LogP contribution < -0.4 is 5.32 Å². The molecule has 0 aliphatic rings. The number of non-ortho nitro benzene ring substituents is 1. The Labute approximate surface area is 139 Å². The smallest absolute Gasteiger partial charge is 0.407 e. The molecule has 0 fully saturated rings. The summed E-state index contributed by atoms with van der Waals surface area (Å²) in [5.41, 5.74) is 1.63. The van der Waals surface area contributed by atoms with Crippen LogP contribution in [0.2, 0.25) is 0 Å². The number of hydrogen-bond acceptors (Lipinski definition) is 5. The fourth-order valence-electron chi connectivity index (χ4n) is 2.13. The van der Waals surface area contributed by atoms with Gasteiger partial charge in [0.05, 0.1) is 4.92 Å². The average molecular weight is 329 g/mol. The Morgan fingerprint density at radius 2 is 1.92 bits per heavy atom. The Morgan fingerprint density at radius 3 is 2.50 bits per heavy atom. The molecule has 0 aliphatic carbocycles. The van der Waals surface area contributed by atoms with Gasteiger partial charge in [-0.1, -0.05) is 0 Å². The second-order valence-electron chi connectivity index (χ2n) is 6.19. The monoisotopic (exact) mass is 329 g/mol. The highest BCUT2D eigenvalue weighted by atomic mass is 16.6. The Kier molecular flexibility index (Phi) is 5.13. The minimum atomic E-state index is -0.610. The lowest BCUT2D eigenvalue weighted by molar-refractivity contribution is -0.384. The molecule has 1 N–H and O–H groups in total. The van der Waals surface area contributed by atoms with E-state index in [0.29, 0.717) is 5.56 Å². The maximum atomic E-state index is 11.8. The van der Waals surface area contributed by atoms with Crippen LogP contribution in [-0.2, 0) is 11.3 Å². The van der Waals surface area contributed by atoms with Crippen molar-refractivity contribution in [2.75, 3.05) is 0 Å². The molecule has 7 nitrogen and oxygen atoms in total. The molecule has 1 heterocycles. The second-order valence-corrected chi connectivity index (χ2v) is 6.19. The zero-order chi connectivity index (χ0) is 17.7. The van der Waals surface area contributed by atoms with Gasteiger partial charge in [0.25, 0.3) is 5.69 Å². The summed E-state index contributed by atoms with van der Waals surface area (Å²) < 4.78 is 5.19. The van der Waals surface area contributed by atoms with Crippen LogP contribution in [0.4, 0.5) is 10.5 Å². The van der Waals surface area contributed by atoms with Gasteiger partial charge in [0.15, 0.2) is 0 Å². The zero-order valence-electron chi connectivity index (χ0n) is 13.8. The standard InChI is InChI=1S/C17H19N3O4/c1-17(2,3)24-16(21)19-11-13-10-14(20(22)23)4-5-15(13)12-6-8-18-9-7-12/h4-10H,11H2,1-3H3,(H,19,21). The summed E-state index contributed by atoms with van der Waals surface area (Å²) in [6.45, 7) is 5.42. The number of benzene rings is 1. The van der Waals surface area contributed by atoms with E-state index in [2.05, 4.69) is 10.3 Å². The number of ether oxygens (including phenoxy) is 1.